The predicted octanol–water partition coefficient (Wildman–Crippen LogP) is 1.89. The number of sulfone groups is 1. The molecule has 2 nitrogen and oxygen atoms in total. The zero-order valence-corrected chi connectivity index (χ0v) is 8.68. The molecule has 1 heterocycles. The van der Waals surface area contributed by atoms with Crippen LogP contribution in [0.1, 0.15) is 29.9 Å². The number of aryl methyl sites for hydroxylation is 1. The van der Waals surface area contributed by atoms with Crippen LogP contribution in [0.25, 0.3) is 0 Å². The summed E-state index contributed by atoms with van der Waals surface area (Å²) in [5.74, 6) is 0.638. The molecule has 3 heteroatoms. The quantitative estimate of drug-likeness (QED) is 0.652. The number of rotatable bonds is 0. The van der Waals surface area contributed by atoms with Crippen LogP contribution in [0.2, 0.25) is 0 Å². The lowest BCUT2D eigenvalue weighted by atomic mass is 9.84. The molecule has 0 saturated carbocycles. The van der Waals surface area contributed by atoms with E-state index in [1.54, 1.807) is 6.07 Å². The van der Waals surface area contributed by atoms with Crippen molar-refractivity contribution in [2.45, 2.75) is 30.1 Å². The molecule has 0 aromatic heterocycles. The zero-order chi connectivity index (χ0) is 9.76. The van der Waals surface area contributed by atoms with Crippen LogP contribution in [0.15, 0.2) is 23.1 Å². The predicted molar refractivity (Wildman–Crippen MR) is 54.2 cm³/mol. The molecule has 1 aliphatic carbocycles. The summed E-state index contributed by atoms with van der Waals surface area (Å²) in [7, 11) is -2.95. The normalized spacial score (nSPS) is 27.3. The van der Waals surface area contributed by atoms with Gasteiger partial charge in [-0.3, -0.25) is 0 Å². The Hall–Kier alpha value is -0.830. The number of hydrogen-bond acceptors (Lipinski definition) is 2. The van der Waals surface area contributed by atoms with Gasteiger partial charge in [-0.15, -0.1) is 0 Å². The summed E-state index contributed by atoms with van der Waals surface area (Å²) < 4.78 is 23.6. The molecule has 3 rings (SSSR count). The fourth-order valence-electron chi connectivity index (χ4n) is 2.75. The van der Waals surface area contributed by atoms with Gasteiger partial charge in [0.1, 0.15) is 0 Å². The van der Waals surface area contributed by atoms with Gasteiger partial charge in [0.15, 0.2) is 9.84 Å². The van der Waals surface area contributed by atoms with Gasteiger partial charge >= 0.3 is 0 Å². The lowest BCUT2D eigenvalue weighted by molar-refractivity contribution is 0.580. The molecule has 0 fully saturated rings. The van der Waals surface area contributed by atoms with Gasteiger partial charge in [0.2, 0.25) is 0 Å². The first-order chi connectivity index (χ1) is 6.68. The Morgan fingerprint density at radius 2 is 2.14 bits per heavy atom. The minimum atomic E-state index is -2.95. The van der Waals surface area contributed by atoms with Crippen LogP contribution in [0.4, 0.5) is 0 Å². The molecule has 0 spiro atoms. The Morgan fingerprint density at radius 1 is 1.29 bits per heavy atom. The summed E-state index contributed by atoms with van der Waals surface area (Å²) in [6.45, 7) is 0. The van der Waals surface area contributed by atoms with Crippen molar-refractivity contribution < 1.29 is 8.42 Å². The average Bonchev–Trinajstić information content (AvgIpc) is 2.41. The lowest BCUT2D eigenvalue weighted by Gasteiger charge is -2.19. The van der Waals surface area contributed by atoms with Gasteiger partial charge < -0.3 is 0 Å². The van der Waals surface area contributed by atoms with Gasteiger partial charge in [-0.05, 0) is 42.4 Å². The molecule has 0 bridgehead atoms. The van der Waals surface area contributed by atoms with Crippen LogP contribution in [0, 0.1) is 0 Å². The van der Waals surface area contributed by atoms with Crippen molar-refractivity contribution in [3.63, 3.8) is 0 Å². The van der Waals surface area contributed by atoms with Gasteiger partial charge in [0.25, 0.3) is 0 Å². The first-order valence-corrected chi connectivity index (χ1v) is 6.68. The van der Waals surface area contributed by atoms with Gasteiger partial charge in [0, 0.05) is 0 Å². The smallest absolute Gasteiger partial charge is 0.179 e. The van der Waals surface area contributed by atoms with Crippen molar-refractivity contribution in [3.05, 3.63) is 29.3 Å². The Balaban J connectivity index is 2.35. The first-order valence-electron chi connectivity index (χ1n) is 5.03. The fraction of sp³-hybridized carbons (Fsp3) is 0.455. The molecule has 1 unspecified atom stereocenters. The average molecular weight is 208 g/mol. The first kappa shape index (κ1) is 8.48. The monoisotopic (exact) mass is 208 g/mol. The molecule has 74 valence electrons. The summed E-state index contributed by atoms with van der Waals surface area (Å²) in [5, 5.41) is 0. The van der Waals surface area contributed by atoms with Crippen LogP contribution < -0.4 is 0 Å². The van der Waals surface area contributed by atoms with Crippen molar-refractivity contribution in [1.29, 1.82) is 0 Å². The Kier molecular flexibility index (Phi) is 1.57. The molecule has 1 aromatic carbocycles. The van der Waals surface area contributed by atoms with E-state index in [0.717, 1.165) is 24.8 Å². The Morgan fingerprint density at radius 3 is 3.00 bits per heavy atom. The van der Waals surface area contributed by atoms with Crippen LogP contribution in [0.3, 0.4) is 0 Å². The minimum Gasteiger partial charge on any atom is -0.224 e. The van der Waals surface area contributed by atoms with E-state index in [1.165, 1.54) is 5.56 Å². The fourth-order valence-corrected chi connectivity index (χ4v) is 4.71. The molecule has 1 aromatic rings. The van der Waals surface area contributed by atoms with E-state index < -0.39 is 9.84 Å². The van der Waals surface area contributed by atoms with E-state index in [2.05, 4.69) is 6.07 Å². The second-order valence-corrected chi connectivity index (χ2v) is 6.20. The van der Waals surface area contributed by atoms with E-state index in [1.807, 2.05) is 6.07 Å². The largest absolute Gasteiger partial charge is 0.224 e. The van der Waals surface area contributed by atoms with Gasteiger partial charge in [-0.1, -0.05) is 12.1 Å². The van der Waals surface area contributed by atoms with E-state index in [4.69, 9.17) is 0 Å². The van der Waals surface area contributed by atoms with Gasteiger partial charge in [0.05, 0.1) is 10.6 Å². The molecular formula is C11H12O2S. The maximum absolute atomic E-state index is 11.8. The molecule has 0 N–H and O–H groups in total. The summed E-state index contributed by atoms with van der Waals surface area (Å²) >= 11 is 0. The van der Waals surface area contributed by atoms with E-state index in [0.29, 0.717) is 16.6 Å². The molecular weight excluding hydrogens is 196 g/mol. The van der Waals surface area contributed by atoms with Crippen molar-refractivity contribution in [3.8, 4) is 0 Å². The molecule has 0 radical (unpaired) electrons. The minimum absolute atomic E-state index is 0.292. The molecule has 1 atom stereocenters. The highest BCUT2D eigenvalue weighted by Crippen LogP contribution is 2.43. The second-order valence-electron chi connectivity index (χ2n) is 4.20. The maximum Gasteiger partial charge on any atom is 0.179 e. The maximum atomic E-state index is 11.8. The molecule has 2 aliphatic rings. The third-order valence-electron chi connectivity index (χ3n) is 3.32. The highest BCUT2D eigenvalue weighted by molar-refractivity contribution is 7.91. The summed E-state index contributed by atoms with van der Waals surface area (Å²) in [6, 6.07) is 5.71. The van der Waals surface area contributed by atoms with Crippen molar-refractivity contribution >= 4 is 9.84 Å². The zero-order valence-electron chi connectivity index (χ0n) is 7.86. The molecule has 14 heavy (non-hydrogen) atoms. The van der Waals surface area contributed by atoms with Crippen LogP contribution in [-0.4, -0.2) is 14.2 Å². The number of hydrogen-bond donors (Lipinski definition) is 0. The third-order valence-corrected chi connectivity index (χ3v) is 5.19. The topological polar surface area (TPSA) is 34.1 Å². The summed E-state index contributed by atoms with van der Waals surface area (Å²) in [4.78, 5) is 0.611. The van der Waals surface area contributed by atoms with Gasteiger partial charge in [-0.25, -0.2) is 8.42 Å². The summed E-state index contributed by atoms with van der Waals surface area (Å²) in [6.07, 6.45) is 3.23. The highest BCUT2D eigenvalue weighted by Gasteiger charge is 2.37. The van der Waals surface area contributed by atoms with Crippen molar-refractivity contribution in [2.75, 3.05) is 5.75 Å². The Labute approximate surface area is 83.9 Å². The lowest BCUT2D eigenvalue weighted by Crippen LogP contribution is -2.08. The molecule has 1 aliphatic heterocycles. The SMILES string of the molecule is O=S1(=O)CC2CCCc3cccc1c32. The third kappa shape index (κ3) is 0.989. The standard InChI is InChI=1S/C11H12O2S/c12-14(13)7-9-5-1-3-8-4-2-6-10(14)11(8)9/h2,4,6,9H,1,3,5,7H2. The van der Waals surface area contributed by atoms with E-state index in [9.17, 15) is 8.42 Å². The van der Waals surface area contributed by atoms with Crippen LogP contribution in [-0.2, 0) is 16.3 Å². The van der Waals surface area contributed by atoms with Gasteiger partial charge in [-0.2, -0.15) is 0 Å². The number of benzene rings is 1. The van der Waals surface area contributed by atoms with Crippen LogP contribution >= 0.6 is 0 Å². The second kappa shape index (κ2) is 2.60. The van der Waals surface area contributed by atoms with Crippen molar-refractivity contribution in [1.82, 2.24) is 0 Å². The van der Waals surface area contributed by atoms with Crippen LogP contribution in [0.5, 0.6) is 0 Å². The summed E-state index contributed by atoms with van der Waals surface area (Å²) in [5.41, 5.74) is 2.40. The molecule has 0 saturated heterocycles. The van der Waals surface area contributed by atoms with Crippen molar-refractivity contribution in [2.24, 2.45) is 0 Å². The highest BCUT2D eigenvalue weighted by atomic mass is 32.2. The molecule has 0 amide bonds. The van der Waals surface area contributed by atoms with E-state index in [-0.39, 0.29) is 0 Å². The van der Waals surface area contributed by atoms with E-state index >= 15 is 0 Å². The Bertz CT molecular complexity index is 488.